The smallest absolute Gasteiger partial charge is 0.289 e. The second-order valence-electron chi connectivity index (χ2n) is 5.91. The topological polar surface area (TPSA) is 93.5 Å². The molecule has 0 saturated carbocycles. The highest BCUT2D eigenvalue weighted by molar-refractivity contribution is 7.80. The van der Waals surface area contributed by atoms with Crippen LogP contribution < -0.4 is 15.4 Å². The Hall–Kier alpha value is -2.71. The number of anilines is 1. The number of carbonyl (C=O) groups is 1. The number of carbonyl (C=O) groups excluding carboxylic acids is 1. The number of nitro groups is 1. The van der Waals surface area contributed by atoms with Crippen LogP contribution in [0.4, 0.5) is 11.4 Å². The third kappa shape index (κ3) is 6.47. The Morgan fingerprint density at radius 2 is 1.93 bits per heavy atom. The lowest BCUT2D eigenvalue weighted by atomic mass is 10.2. The monoisotopic (exact) mass is 421 g/mol. The fourth-order valence-corrected chi connectivity index (χ4v) is 2.71. The van der Waals surface area contributed by atoms with E-state index in [0.29, 0.717) is 23.6 Å². The maximum atomic E-state index is 12.3. The molecule has 0 saturated heterocycles. The van der Waals surface area contributed by atoms with Crippen LogP contribution in [0.5, 0.6) is 5.75 Å². The molecule has 0 spiro atoms. The molecule has 2 aromatic carbocycles. The summed E-state index contributed by atoms with van der Waals surface area (Å²) in [6.07, 6.45) is 3.23. The molecular weight excluding hydrogens is 402 g/mol. The number of nitrogens with zero attached hydrogens (tertiary/aromatic N) is 1. The van der Waals surface area contributed by atoms with Crippen LogP contribution in [0, 0.1) is 10.1 Å². The summed E-state index contributed by atoms with van der Waals surface area (Å²) >= 11 is 10.9. The number of nitro benzene ring substituents is 1. The van der Waals surface area contributed by atoms with Crippen LogP contribution in [0.25, 0.3) is 0 Å². The molecule has 0 bridgehead atoms. The van der Waals surface area contributed by atoms with Crippen molar-refractivity contribution in [2.24, 2.45) is 0 Å². The second kappa shape index (κ2) is 10.6. The number of thiocarbonyl (C=S) groups is 1. The highest BCUT2D eigenvalue weighted by atomic mass is 35.5. The molecule has 0 atom stereocenters. The molecule has 9 heteroatoms. The van der Waals surface area contributed by atoms with Gasteiger partial charge in [-0.2, -0.15) is 0 Å². The molecule has 0 aliphatic rings. The van der Waals surface area contributed by atoms with Gasteiger partial charge in [-0.1, -0.05) is 31.4 Å². The number of hydrogen-bond acceptors (Lipinski definition) is 5. The van der Waals surface area contributed by atoms with Gasteiger partial charge in [0.25, 0.3) is 11.6 Å². The minimum Gasteiger partial charge on any atom is -0.494 e. The number of rotatable bonds is 8. The average Bonchev–Trinajstić information content (AvgIpc) is 2.67. The van der Waals surface area contributed by atoms with Crippen molar-refractivity contribution in [3.63, 3.8) is 0 Å². The summed E-state index contributed by atoms with van der Waals surface area (Å²) < 4.78 is 5.61. The van der Waals surface area contributed by atoms with E-state index in [4.69, 9.17) is 28.6 Å². The first kappa shape index (κ1) is 21.6. The number of halogens is 1. The zero-order valence-corrected chi connectivity index (χ0v) is 16.8. The van der Waals surface area contributed by atoms with Gasteiger partial charge in [0.05, 0.1) is 11.5 Å². The van der Waals surface area contributed by atoms with Crippen LogP contribution in [-0.2, 0) is 0 Å². The third-order valence-corrected chi connectivity index (χ3v) is 4.28. The summed E-state index contributed by atoms with van der Waals surface area (Å²) in [6.45, 7) is 2.77. The number of unbranched alkanes of at least 4 members (excludes halogenated alkanes) is 2. The second-order valence-corrected chi connectivity index (χ2v) is 6.73. The molecule has 148 valence electrons. The van der Waals surface area contributed by atoms with Crippen LogP contribution in [0.1, 0.15) is 36.5 Å². The maximum Gasteiger partial charge on any atom is 0.289 e. The predicted octanol–water partition coefficient (Wildman–Crippen LogP) is 4.94. The van der Waals surface area contributed by atoms with Crippen molar-refractivity contribution in [3.05, 3.63) is 63.2 Å². The molecule has 7 nitrogen and oxygen atoms in total. The highest BCUT2D eigenvalue weighted by Crippen LogP contribution is 2.27. The lowest BCUT2D eigenvalue weighted by molar-refractivity contribution is -0.384. The van der Waals surface area contributed by atoms with Gasteiger partial charge in [-0.3, -0.25) is 20.2 Å². The molecule has 0 aliphatic carbocycles. The Kier molecular flexibility index (Phi) is 8.16. The quantitative estimate of drug-likeness (QED) is 0.271. The number of nitrogens with one attached hydrogen (secondary N) is 2. The SMILES string of the molecule is CCCCCOc1ccc(C(=O)NC(=S)Nc2ccc(Cl)c([N+](=O)[O-])c2)cc1. The molecule has 0 aromatic heterocycles. The fourth-order valence-electron chi connectivity index (χ4n) is 2.31. The minimum atomic E-state index is -0.596. The number of ether oxygens (including phenoxy) is 1. The lowest BCUT2D eigenvalue weighted by Crippen LogP contribution is -2.34. The van der Waals surface area contributed by atoms with Crippen molar-refractivity contribution in [1.29, 1.82) is 0 Å². The molecule has 0 heterocycles. The van der Waals surface area contributed by atoms with E-state index >= 15 is 0 Å². The molecule has 1 amide bonds. The van der Waals surface area contributed by atoms with Crippen LogP contribution in [0.3, 0.4) is 0 Å². The summed E-state index contributed by atoms with van der Waals surface area (Å²) in [5.41, 5.74) is 0.500. The molecule has 2 N–H and O–H groups in total. The van der Waals surface area contributed by atoms with Crippen molar-refractivity contribution < 1.29 is 14.5 Å². The molecule has 0 fully saturated rings. The Bertz CT molecular complexity index is 859. The summed E-state index contributed by atoms with van der Waals surface area (Å²) in [4.78, 5) is 22.6. The van der Waals surface area contributed by atoms with E-state index in [1.807, 2.05) is 0 Å². The van der Waals surface area contributed by atoms with Crippen LogP contribution in [0.15, 0.2) is 42.5 Å². The van der Waals surface area contributed by atoms with Gasteiger partial charge in [-0.05, 0) is 55.0 Å². The van der Waals surface area contributed by atoms with Crippen molar-refractivity contribution in [2.45, 2.75) is 26.2 Å². The molecule has 2 aromatic rings. The first-order chi connectivity index (χ1) is 13.4. The van der Waals surface area contributed by atoms with Crippen LogP contribution >= 0.6 is 23.8 Å². The van der Waals surface area contributed by atoms with Gasteiger partial charge < -0.3 is 10.1 Å². The Morgan fingerprint density at radius 1 is 1.21 bits per heavy atom. The Morgan fingerprint density at radius 3 is 2.57 bits per heavy atom. The van der Waals surface area contributed by atoms with E-state index in [9.17, 15) is 14.9 Å². The van der Waals surface area contributed by atoms with Crippen molar-refractivity contribution >= 4 is 46.2 Å². The largest absolute Gasteiger partial charge is 0.494 e. The van der Waals surface area contributed by atoms with E-state index in [2.05, 4.69) is 17.6 Å². The summed E-state index contributed by atoms with van der Waals surface area (Å²) in [6, 6.07) is 10.9. The molecule has 28 heavy (non-hydrogen) atoms. The molecule has 2 rings (SSSR count). The van der Waals surface area contributed by atoms with Gasteiger partial charge >= 0.3 is 0 Å². The summed E-state index contributed by atoms with van der Waals surface area (Å²) in [5.74, 6) is 0.292. The highest BCUT2D eigenvalue weighted by Gasteiger charge is 2.14. The maximum absolute atomic E-state index is 12.3. The Balaban J connectivity index is 1.91. The summed E-state index contributed by atoms with van der Waals surface area (Å²) in [5, 5.41) is 16.2. The molecule has 0 unspecified atom stereocenters. The molecule has 0 aliphatic heterocycles. The molecular formula is C19H20ClN3O4S. The van der Waals surface area contributed by atoms with Crippen molar-refractivity contribution in [3.8, 4) is 5.75 Å². The van der Waals surface area contributed by atoms with Gasteiger partial charge in [0.1, 0.15) is 10.8 Å². The average molecular weight is 422 g/mol. The van der Waals surface area contributed by atoms with Crippen LogP contribution in [-0.4, -0.2) is 22.5 Å². The standard InChI is InChI=1S/C19H20ClN3O4S/c1-2-3-4-11-27-15-8-5-13(6-9-15)18(24)22-19(28)21-14-7-10-16(20)17(12-14)23(25)26/h5-10,12H,2-4,11H2,1H3,(H2,21,22,24,28). The normalized spacial score (nSPS) is 10.2. The van der Waals surface area contributed by atoms with E-state index in [1.54, 1.807) is 24.3 Å². The van der Waals surface area contributed by atoms with E-state index in [1.165, 1.54) is 18.2 Å². The number of amides is 1. The van der Waals surface area contributed by atoms with Gasteiger partial charge in [0, 0.05) is 17.3 Å². The van der Waals surface area contributed by atoms with E-state index in [-0.39, 0.29) is 15.8 Å². The number of benzene rings is 2. The van der Waals surface area contributed by atoms with Crippen LogP contribution in [0.2, 0.25) is 5.02 Å². The lowest BCUT2D eigenvalue weighted by Gasteiger charge is -2.10. The van der Waals surface area contributed by atoms with Gasteiger partial charge in [0.2, 0.25) is 0 Å². The minimum absolute atomic E-state index is 0.0153. The van der Waals surface area contributed by atoms with Gasteiger partial charge in [0.15, 0.2) is 5.11 Å². The molecule has 0 radical (unpaired) electrons. The van der Waals surface area contributed by atoms with Gasteiger partial charge in [-0.25, -0.2) is 0 Å². The summed E-state index contributed by atoms with van der Waals surface area (Å²) in [7, 11) is 0. The van der Waals surface area contributed by atoms with E-state index < -0.39 is 10.8 Å². The van der Waals surface area contributed by atoms with Gasteiger partial charge in [-0.15, -0.1) is 0 Å². The Labute approximate surface area is 173 Å². The van der Waals surface area contributed by atoms with Crippen molar-refractivity contribution in [2.75, 3.05) is 11.9 Å². The zero-order valence-electron chi connectivity index (χ0n) is 15.2. The zero-order chi connectivity index (χ0) is 20.5. The third-order valence-electron chi connectivity index (χ3n) is 3.76. The first-order valence-corrected chi connectivity index (χ1v) is 9.48. The van der Waals surface area contributed by atoms with E-state index in [0.717, 1.165) is 19.3 Å². The predicted molar refractivity (Wildman–Crippen MR) is 113 cm³/mol. The first-order valence-electron chi connectivity index (χ1n) is 8.70. The number of hydrogen-bond donors (Lipinski definition) is 2. The van der Waals surface area contributed by atoms with Crippen molar-refractivity contribution in [1.82, 2.24) is 5.32 Å². The fraction of sp³-hybridized carbons (Fsp3) is 0.263.